The first-order chi connectivity index (χ1) is 26.2. The first kappa shape index (κ1) is 50.2. The van der Waals surface area contributed by atoms with Gasteiger partial charge in [0.05, 0.1) is 0 Å². The maximum atomic E-state index is 12.1. The highest BCUT2D eigenvalue weighted by molar-refractivity contribution is 5.76. The molecule has 0 fully saturated rings. The van der Waals surface area contributed by atoms with E-state index in [1.165, 1.54) is 141 Å². The predicted molar refractivity (Wildman–Crippen MR) is 230 cm³/mol. The van der Waals surface area contributed by atoms with Gasteiger partial charge in [-0.1, -0.05) is 179 Å². The van der Waals surface area contributed by atoms with Crippen LogP contribution in [0.25, 0.3) is 0 Å². The minimum absolute atomic E-state index is 0.125. The monoisotopic (exact) mass is 731 g/mol. The number of carbonyl (C=O) groups excluding carboxylic acids is 2. The summed E-state index contributed by atoms with van der Waals surface area (Å²) in [7, 11) is 0. The van der Waals surface area contributed by atoms with E-state index >= 15 is 0 Å². The van der Waals surface area contributed by atoms with E-state index in [4.69, 9.17) is 0 Å². The predicted octanol–water partition coefficient (Wildman–Crippen LogP) is 12.9. The number of amides is 2. The number of carbonyl (C=O) groups is 2. The van der Waals surface area contributed by atoms with Crippen molar-refractivity contribution >= 4 is 11.8 Å². The van der Waals surface area contributed by atoms with Crippen molar-refractivity contribution in [1.29, 1.82) is 0 Å². The molecule has 2 amide bonds. The maximum Gasteiger partial charge on any atom is 0.219 e. The van der Waals surface area contributed by atoms with Crippen LogP contribution in [0, 0.1) is 47.4 Å². The zero-order chi connectivity index (χ0) is 38.4. The average molecular weight is 731 g/mol. The molecule has 0 saturated carbocycles. The Kier molecular flexibility index (Phi) is 42.9. The third kappa shape index (κ3) is 45.3. The first-order valence-electron chi connectivity index (χ1n) is 22.7. The summed E-state index contributed by atoms with van der Waals surface area (Å²) in [6, 6.07) is 0. The number of hydrogen-bond donors (Lipinski definition) is 2. The number of hydrogen-bond acceptors (Lipinski definition) is 2. The van der Waals surface area contributed by atoms with Crippen LogP contribution in [0.2, 0.25) is 0 Å². The van der Waals surface area contributed by atoms with Crippen LogP contribution in [-0.4, -0.2) is 24.9 Å². The lowest BCUT2D eigenvalue weighted by Crippen LogP contribution is -2.29. The Bertz CT molecular complexity index is 994. The van der Waals surface area contributed by atoms with Crippen molar-refractivity contribution < 1.29 is 9.59 Å². The second-order valence-corrected chi connectivity index (χ2v) is 15.0. The lowest BCUT2D eigenvalue weighted by molar-refractivity contribution is -0.121. The fourth-order valence-corrected chi connectivity index (χ4v) is 6.25. The summed E-state index contributed by atoms with van der Waals surface area (Å²) >= 11 is 0. The molecule has 0 aromatic heterocycles. The smallest absolute Gasteiger partial charge is 0.219 e. The van der Waals surface area contributed by atoms with Crippen molar-refractivity contribution in [1.82, 2.24) is 10.6 Å². The molecular weight excluding hydrogens is 649 g/mol. The Hall–Kier alpha value is -2.82. The third-order valence-corrected chi connectivity index (χ3v) is 9.70. The maximum absolute atomic E-state index is 12.1. The van der Waals surface area contributed by atoms with Gasteiger partial charge in [0.2, 0.25) is 11.8 Å². The molecule has 0 aliphatic carbocycles. The molecule has 2 N–H and O–H groups in total. The normalized spacial score (nSPS) is 10.2. The molecule has 0 aromatic rings. The third-order valence-electron chi connectivity index (χ3n) is 9.70. The highest BCUT2D eigenvalue weighted by Gasteiger charge is 2.03. The van der Waals surface area contributed by atoms with Gasteiger partial charge in [-0.05, 0) is 68.6 Å². The van der Waals surface area contributed by atoms with Crippen molar-refractivity contribution in [2.24, 2.45) is 0 Å². The molecule has 0 heterocycles. The summed E-state index contributed by atoms with van der Waals surface area (Å²) in [4.78, 5) is 24.2. The van der Waals surface area contributed by atoms with Crippen molar-refractivity contribution in [3.63, 3.8) is 0 Å². The standard InChI is InChI=1S/C49H82N2O2/c1-3-5-7-9-11-13-15-17-19-21-23-25-27-29-31-33-35-37-39-41-44-48(52)50-46-43-47-51-49(53)45-42-40-38-36-34-32-30-28-26-24-22-20-18-16-14-12-10-8-6-4-2/h3-20,29-47H2,1-2H3,(H,50,52)(H,51,53). The average Bonchev–Trinajstić information content (AvgIpc) is 3.16. The second kappa shape index (κ2) is 45.3. The summed E-state index contributed by atoms with van der Waals surface area (Å²) in [5.74, 6) is 25.1. The molecule has 4 heteroatoms. The minimum atomic E-state index is 0.125. The van der Waals surface area contributed by atoms with Gasteiger partial charge in [-0.15, -0.1) is 0 Å². The van der Waals surface area contributed by atoms with Gasteiger partial charge in [-0.3, -0.25) is 9.59 Å². The van der Waals surface area contributed by atoms with E-state index in [0.717, 1.165) is 70.6 Å². The molecule has 0 spiro atoms. The van der Waals surface area contributed by atoms with E-state index < -0.39 is 0 Å². The number of unbranched alkanes of at least 4 members (excludes halogenated alkanes) is 28. The van der Waals surface area contributed by atoms with Crippen LogP contribution in [0.5, 0.6) is 0 Å². The fraction of sp³-hybridized carbons (Fsp3) is 0.796. The van der Waals surface area contributed by atoms with Gasteiger partial charge in [-0.25, -0.2) is 0 Å². The van der Waals surface area contributed by atoms with Crippen LogP contribution in [0.3, 0.4) is 0 Å². The van der Waals surface area contributed by atoms with Crippen molar-refractivity contribution in [2.45, 2.75) is 239 Å². The summed E-state index contributed by atoms with van der Waals surface area (Å²) in [5.41, 5.74) is 0. The number of rotatable bonds is 36. The largest absolute Gasteiger partial charge is 0.356 e. The molecule has 0 saturated heterocycles. The first-order valence-corrected chi connectivity index (χ1v) is 22.7. The lowest BCUT2D eigenvalue weighted by Gasteiger charge is -2.07. The summed E-state index contributed by atoms with van der Waals surface area (Å²) in [6.45, 7) is 5.78. The SMILES string of the molecule is CCCCCCCCCCC#CC#CCCCCCCCCC(=O)NCCCNC(=O)CCCCCCCCC#CC#CCCCCCCCCCC. The van der Waals surface area contributed by atoms with E-state index in [2.05, 4.69) is 71.8 Å². The zero-order valence-corrected chi connectivity index (χ0v) is 35.0. The van der Waals surface area contributed by atoms with Crippen LogP contribution in [0.1, 0.15) is 239 Å². The molecule has 300 valence electrons. The summed E-state index contributed by atoms with van der Waals surface area (Å²) < 4.78 is 0. The molecule has 0 radical (unpaired) electrons. The molecule has 0 aliphatic rings. The van der Waals surface area contributed by atoms with Crippen molar-refractivity contribution in [3.8, 4) is 47.4 Å². The molecule has 0 atom stereocenters. The Labute approximate surface area is 330 Å². The fourth-order valence-electron chi connectivity index (χ4n) is 6.25. The van der Waals surface area contributed by atoms with E-state index in [1.807, 2.05) is 0 Å². The highest BCUT2D eigenvalue weighted by Crippen LogP contribution is 2.11. The zero-order valence-electron chi connectivity index (χ0n) is 35.0. The van der Waals surface area contributed by atoms with E-state index in [0.29, 0.717) is 25.9 Å². The molecule has 0 rings (SSSR count). The Morgan fingerprint density at radius 3 is 0.849 bits per heavy atom. The van der Waals surface area contributed by atoms with Crippen LogP contribution in [0.15, 0.2) is 0 Å². The molecule has 53 heavy (non-hydrogen) atoms. The van der Waals surface area contributed by atoms with Gasteiger partial charge in [0, 0.05) is 51.6 Å². The molecule has 0 bridgehead atoms. The lowest BCUT2D eigenvalue weighted by atomic mass is 10.1. The topological polar surface area (TPSA) is 58.2 Å². The van der Waals surface area contributed by atoms with E-state index in [9.17, 15) is 9.59 Å². The molecule has 4 nitrogen and oxygen atoms in total. The molecule has 0 aromatic carbocycles. The number of nitrogens with one attached hydrogen (secondary N) is 2. The second-order valence-electron chi connectivity index (χ2n) is 15.0. The Balaban J connectivity index is 3.42. The van der Waals surface area contributed by atoms with Gasteiger partial charge >= 0.3 is 0 Å². The highest BCUT2D eigenvalue weighted by atomic mass is 16.2. The van der Waals surface area contributed by atoms with Crippen molar-refractivity contribution in [3.05, 3.63) is 0 Å². The van der Waals surface area contributed by atoms with E-state index in [-0.39, 0.29) is 11.8 Å². The van der Waals surface area contributed by atoms with Gasteiger partial charge < -0.3 is 10.6 Å². The molecule has 0 unspecified atom stereocenters. The van der Waals surface area contributed by atoms with Crippen LogP contribution >= 0.6 is 0 Å². The summed E-state index contributed by atoms with van der Waals surface area (Å²) in [5, 5.41) is 5.99. The minimum Gasteiger partial charge on any atom is -0.356 e. The van der Waals surface area contributed by atoms with Gasteiger partial charge in [0.25, 0.3) is 0 Å². The van der Waals surface area contributed by atoms with Crippen molar-refractivity contribution in [2.75, 3.05) is 13.1 Å². The van der Waals surface area contributed by atoms with Crippen LogP contribution in [0.4, 0.5) is 0 Å². The van der Waals surface area contributed by atoms with Crippen LogP contribution < -0.4 is 10.6 Å². The van der Waals surface area contributed by atoms with Crippen LogP contribution in [-0.2, 0) is 9.59 Å². The van der Waals surface area contributed by atoms with Gasteiger partial charge in [-0.2, -0.15) is 0 Å². The Morgan fingerprint density at radius 2 is 0.566 bits per heavy atom. The molecular formula is C49H82N2O2. The van der Waals surface area contributed by atoms with Gasteiger partial charge in [0.1, 0.15) is 0 Å². The van der Waals surface area contributed by atoms with E-state index in [1.54, 1.807) is 0 Å². The summed E-state index contributed by atoms with van der Waals surface area (Å²) in [6.07, 6.45) is 40.8. The van der Waals surface area contributed by atoms with Gasteiger partial charge in [0.15, 0.2) is 0 Å². The quantitative estimate of drug-likeness (QED) is 0.0498. The molecule has 0 aliphatic heterocycles. The Morgan fingerprint density at radius 1 is 0.321 bits per heavy atom.